The lowest BCUT2D eigenvalue weighted by atomic mass is 10.0. The second-order valence-corrected chi connectivity index (χ2v) is 4.99. The van der Waals surface area contributed by atoms with Crippen LogP contribution in [0, 0.1) is 6.92 Å². The number of hydrogen-bond acceptors (Lipinski definition) is 3. The molecular formula is C14H20N2O2. The first-order valence-electron chi connectivity index (χ1n) is 6.31. The summed E-state index contributed by atoms with van der Waals surface area (Å²) in [6.07, 6.45) is 0.101. The van der Waals surface area contributed by atoms with Crippen LogP contribution in [-0.2, 0) is 11.2 Å². The van der Waals surface area contributed by atoms with Gasteiger partial charge in [0.2, 0.25) is 0 Å². The fourth-order valence-corrected chi connectivity index (χ4v) is 2.37. The highest BCUT2D eigenvalue weighted by Gasteiger charge is 2.17. The lowest BCUT2D eigenvalue weighted by molar-refractivity contribution is -0.136. The number of piperazine rings is 1. The number of carboxylic acid groups (broad SMARTS) is 1. The molecule has 0 unspecified atom stereocenters. The molecule has 1 aliphatic rings. The molecule has 1 fully saturated rings. The van der Waals surface area contributed by atoms with Crippen LogP contribution in [0.1, 0.15) is 11.1 Å². The quantitative estimate of drug-likeness (QED) is 0.877. The van der Waals surface area contributed by atoms with E-state index >= 15 is 0 Å². The number of rotatable bonds is 3. The summed E-state index contributed by atoms with van der Waals surface area (Å²) < 4.78 is 0. The fourth-order valence-electron chi connectivity index (χ4n) is 2.37. The third-order valence-corrected chi connectivity index (χ3v) is 3.42. The van der Waals surface area contributed by atoms with E-state index in [0.717, 1.165) is 43.0 Å². The van der Waals surface area contributed by atoms with E-state index in [1.807, 2.05) is 13.0 Å². The zero-order valence-corrected chi connectivity index (χ0v) is 11.0. The minimum absolute atomic E-state index is 0.101. The Labute approximate surface area is 108 Å². The van der Waals surface area contributed by atoms with Crippen molar-refractivity contribution in [3.05, 3.63) is 29.3 Å². The lowest BCUT2D eigenvalue weighted by Gasteiger charge is -2.35. The van der Waals surface area contributed by atoms with Crippen LogP contribution in [-0.4, -0.2) is 49.2 Å². The Morgan fingerprint density at radius 3 is 2.56 bits per heavy atom. The molecule has 0 amide bonds. The van der Waals surface area contributed by atoms with Gasteiger partial charge in [-0.25, -0.2) is 0 Å². The van der Waals surface area contributed by atoms with Crippen LogP contribution >= 0.6 is 0 Å². The van der Waals surface area contributed by atoms with Crippen LogP contribution < -0.4 is 4.90 Å². The van der Waals surface area contributed by atoms with E-state index < -0.39 is 5.97 Å². The molecule has 1 aromatic carbocycles. The first-order valence-corrected chi connectivity index (χ1v) is 6.31. The summed E-state index contributed by atoms with van der Waals surface area (Å²) in [7, 11) is 2.12. The van der Waals surface area contributed by atoms with Crippen molar-refractivity contribution in [1.82, 2.24) is 4.90 Å². The second kappa shape index (κ2) is 5.40. The molecule has 0 radical (unpaired) electrons. The van der Waals surface area contributed by atoms with E-state index in [0.29, 0.717) is 0 Å². The second-order valence-electron chi connectivity index (χ2n) is 4.99. The summed E-state index contributed by atoms with van der Waals surface area (Å²) in [5.41, 5.74) is 3.12. The van der Waals surface area contributed by atoms with Crippen LogP contribution in [0.25, 0.3) is 0 Å². The molecule has 98 valence electrons. The van der Waals surface area contributed by atoms with Crippen molar-refractivity contribution >= 4 is 11.7 Å². The molecule has 1 N–H and O–H groups in total. The van der Waals surface area contributed by atoms with Gasteiger partial charge in [-0.05, 0) is 25.6 Å². The van der Waals surface area contributed by atoms with Crippen molar-refractivity contribution in [2.45, 2.75) is 13.3 Å². The smallest absolute Gasteiger partial charge is 0.307 e. The first kappa shape index (κ1) is 12.9. The van der Waals surface area contributed by atoms with Gasteiger partial charge in [0, 0.05) is 31.9 Å². The predicted octanol–water partition coefficient (Wildman–Crippen LogP) is 1.37. The van der Waals surface area contributed by atoms with Crippen LogP contribution in [0.3, 0.4) is 0 Å². The Balaban J connectivity index is 2.23. The Bertz CT molecular complexity index is 437. The average Bonchev–Trinajstić information content (AvgIpc) is 2.30. The normalized spacial score (nSPS) is 16.9. The summed E-state index contributed by atoms with van der Waals surface area (Å²) >= 11 is 0. The number of hydrogen-bond donors (Lipinski definition) is 1. The Kier molecular flexibility index (Phi) is 3.87. The van der Waals surface area contributed by atoms with Crippen molar-refractivity contribution in [1.29, 1.82) is 0 Å². The van der Waals surface area contributed by atoms with Gasteiger partial charge in [0.05, 0.1) is 6.42 Å². The van der Waals surface area contributed by atoms with E-state index in [1.165, 1.54) is 0 Å². The third kappa shape index (κ3) is 3.01. The molecule has 4 heteroatoms. The van der Waals surface area contributed by atoms with Crippen molar-refractivity contribution in [3.63, 3.8) is 0 Å². The number of aliphatic carboxylic acids is 1. The van der Waals surface area contributed by atoms with Gasteiger partial charge in [-0.2, -0.15) is 0 Å². The van der Waals surface area contributed by atoms with Crippen LogP contribution in [0.5, 0.6) is 0 Å². The van der Waals surface area contributed by atoms with E-state index in [4.69, 9.17) is 5.11 Å². The summed E-state index contributed by atoms with van der Waals surface area (Å²) in [6.45, 7) is 5.98. The highest BCUT2D eigenvalue weighted by Crippen LogP contribution is 2.23. The molecule has 1 heterocycles. The minimum atomic E-state index is -0.768. The number of carboxylic acids is 1. The maximum atomic E-state index is 10.9. The molecule has 1 saturated heterocycles. The highest BCUT2D eigenvalue weighted by atomic mass is 16.4. The van der Waals surface area contributed by atoms with Gasteiger partial charge < -0.3 is 14.9 Å². The van der Waals surface area contributed by atoms with Gasteiger partial charge in [0.15, 0.2) is 0 Å². The van der Waals surface area contributed by atoms with Crippen LogP contribution in [0.2, 0.25) is 0 Å². The number of aryl methyl sites for hydroxylation is 1. The molecule has 2 rings (SSSR count). The first-order chi connectivity index (χ1) is 8.56. The molecule has 0 aliphatic carbocycles. The molecule has 4 nitrogen and oxygen atoms in total. The van der Waals surface area contributed by atoms with E-state index in [-0.39, 0.29) is 6.42 Å². The average molecular weight is 248 g/mol. The topological polar surface area (TPSA) is 43.8 Å². The zero-order chi connectivity index (χ0) is 13.1. The molecule has 1 aromatic rings. The van der Waals surface area contributed by atoms with Crippen LogP contribution in [0.15, 0.2) is 18.2 Å². The number of anilines is 1. The van der Waals surface area contributed by atoms with Gasteiger partial charge in [-0.15, -0.1) is 0 Å². The molecule has 0 saturated carbocycles. The summed E-state index contributed by atoms with van der Waals surface area (Å²) in [6, 6.07) is 6.10. The van der Waals surface area contributed by atoms with Crippen molar-refractivity contribution in [2.24, 2.45) is 0 Å². The zero-order valence-electron chi connectivity index (χ0n) is 11.0. The van der Waals surface area contributed by atoms with Crippen molar-refractivity contribution < 1.29 is 9.90 Å². The number of benzene rings is 1. The Morgan fingerprint density at radius 1 is 1.28 bits per heavy atom. The number of nitrogens with zero attached hydrogens (tertiary/aromatic N) is 2. The maximum absolute atomic E-state index is 10.9. The molecule has 0 spiro atoms. The van der Waals surface area contributed by atoms with Gasteiger partial charge in [0.25, 0.3) is 0 Å². The Hall–Kier alpha value is -1.55. The number of likely N-dealkylation sites (N-methyl/N-ethyl adjacent to an activating group) is 1. The molecule has 18 heavy (non-hydrogen) atoms. The van der Waals surface area contributed by atoms with Crippen molar-refractivity contribution in [2.75, 3.05) is 38.1 Å². The highest BCUT2D eigenvalue weighted by molar-refractivity contribution is 5.74. The number of carbonyl (C=O) groups is 1. The monoisotopic (exact) mass is 248 g/mol. The summed E-state index contributed by atoms with van der Waals surface area (Å²) in [5.74, 6) is -0.768. The molecular weight excluding hydrogens is 228 g/mol. The third-order valence-electron chi connectivity index (χ3n) is 3.42. The van der Waals surface area contributed by atoms with E-state index in [9.17, 15) is 4.79 Å². The lowest BCUT2D eigenvalue weighted by Crippen LogP contribution is -2.44. The summed E-state index contributed by atoms with van der Waals surface area (Å²) in [4.78, 5) is 15.5. The van der Waals surface area contributed by atoms with Gasteiger partial charge in [-0.3, -0.25) is 4.79 Å². The molecule has 0 aromatic heterocycles. The largest absolute Gasteiger partial charge is 0.481 e. The van der Waals surface area contributed by atoms with Gasteiger partial charge >= 0.3 is 5.97 Å². The predicted molar refractivity (Wildman–Crippen MR) is 72.2 cm³/mol. The Morgan fingerprint density at radius 2 is 1.94 bits per heavy atom. The van der Waals surface area contributed by atoms with Crippen LogP contribution in [0.4, 0.5) is 5.69 Å². The van der Waals surface area contributed by atoms with Gasteiger partial charge in [-0.1, -0.05) is 17.7 Å². The van der Waals surface area contributed by atoms with Gasteiger partial charge in [0.1, 0.15) is 0 Å². The standard InChI is InChI=1S/C14H20N2O2/c1-11-3-4-13(12(9-11)10-14(17)18)16-7-5-15(2)6-8-16/h3-4,9H,5-8,10H2,1-2H3,(H,17,18). The minimum Gasteiger partial charge on any atom is -0.481 e. The molecule has 0 atom stereocenters. The molecule has 0 bridgehead atoms. The van der Waals surface area contributed by atoms with Crippen molar-refractivity contribution in [3.8, 4) is 0 Å². The van der Waals surface area contributed by atoms with E-state index in [1.54, 1.807) is 0 Å². The maximum Gasteiger partial charge on any atom is 0.307 e. The molecule has 1 aliphatic heterocycles. The fraction of sp³-hybridized carbons (Fsp3) is 0.500. The SMILES string of the molecule is Cc1ccc(N2CCN(C)CC2)c(CC(=O)O)c1. The van der Waals surface area contributed by atoms with E-state index in [2.05, 4.69) is 29.0 Å². The summed E-state index contributed by atoms with van der Waals surface area (Å²) in [5, 5.41) is 9.00.